The van der Waals surface area contributed by atoms with Crippen LogP contribution in [0.5, 0.6) is 5.75 Å². The Hall–Kier alpha value is -2.52. The van der Waals surface area contributed by atoms with Crippen LogP contribution in [-0.2, 0) is 6.42 Å². The summed E-state index contributed by atoms with van der Waals surface area (Å²) in [5.74, 6) is 2.12. The second-order valence-electron chi connectivity index (χ2n) is 9.72. The average molecular weight is 515 g/mol. The molecule has 3 atom stereocenters. The van der Waals surface area contributed by atoms with Gasteiger partial charge in [0.1, 0.15) is 24.2 Å². The Morgan fingerprint density at radius 2 is 2.03 bits per heavy atom. The number of ether oxygens (including phenoxy) is 1. The van der Waals surface area contributed by atoms with Crippen LogP contribution in [-0.4, -0.2) is 57.7 Å². The minimum Gasteiger partial charge on any atom is -0.491 e. The molecule has 1 aliphatic carbocycles. The highest BCUT2D eigenvalue weighted by Gasteiger charge is 2.25. The molecule has 4 rings (SSSR count). The molecule has 3 aromatic rings. The molecular formula is C27H35ClN4O4. The van der Waals surface area contributed by atoms with Crippen molar-refractivity contribution >= 4 is 11.6 Å². The predicted octanol–water partition coefficient (Wildman–Crippen LogP) is 4.43. The van der Waals surface area contributed by atoms with E-state index in [1.54, 1.807) is 19.2 Å². The molecule has 1 fully saturated rings. The molecular weight excluding hydrogens is 480 g/mol. The summed E-state index contributed by atoms with van der Waals surface area (Å²) in [7, 11) is 1.78. The number of nitrogens with zero attached hydrogens (tertiary/aromatic N) is 3. The number of hydrogen-bond acceptors (Lipinski definition) is 8. The molecule has 2 heterocycles. The van der Waals surface area contributed by atoms with Crippen LogP contribution in [0, 0.1) is 26.7 Å². The predicted molar refractivity (Wildman–Crippen MR) is 139 cm³/mol. The first-order chi connectivity index (χ1) is 17.3. The topological polar surface area (TPSA) is 114 Å². The van der Waals surface area contributed by atoms with Crippen LogP contribution in [0.25, 0.3) is 22.6 Å². The van der Waals surface area contributed by atoms with E-state index in [0.717, 1.165) is 60.3 Å². The van der Waals surface area contributed by atoms with Crippen LogP contribution in [0.2, 0.25) is 5.02 Å². The Labute approximate surface area is 217 Å². The lowest BCUT2D eigenvalue weighted by atomic mass is 9.83. The number of benzene rings is 1. The smallest absolute Gasteiger partial charge is 0.161 e. The van der Waals surface area contributed by atoms with Crippen molar-refractivity contribution in [1.29, 1.82) is 0 Å². The van der Waals surface area contributed by atoms with E-state index in [2.05, 4.69) is 10.5 Å². The van der Waals surface area contributed by atoms with Crippen molar-refractivity contribution in [1.82, 2.24) is 20.4 Å². The van der Waals surface area contributed by atoms with E-state index in [4.69, 9.17) is 30.8 Å². The van der Waals surface area contributed by atoms with Crippen molar-refractivity contribution in [3.05, 3.63) is 45.9 Å². The van der Waals surface area contributed by atoms with Gasteiger partial charge in [0.15, 0.2) is 5.82 Å². The molecule has 3 N–H and O–H groups in total. The van der Waals surface area contributed by atoms with Gasteiger partial charge in [-0.15, -0.1) is 0 Å². The van der Waals surface area contributed by atoms with E-state index in [1.165, 1.54) is 0 Å². The molecule has 0 radical (unpaired) electrons. The highest BCUT2D eigenvalue weighted by atomic mass is 35.5. The number of rotatable bonds is 9. The lowest BCUT2D eigenvalue weighted by Crippen LogP contribution is -2.29. The molecule has 9 heteroatoms. The summed E-state index contributed by atoms with van der Waals surface area (Å²) < 4.78 is 11.3. The maximum Gasteiger partial charge on any atom is 0.161 e. The van der Waals surface area contributed by atoms with E-state index in [9.17, 15) is 10.2 Å². The van der Waals surface area contributed by atoms with Gasteiger partial charge in [0, 0.05) is 17.8 Å². The fourth-order valence-corrected chi connectivity index (χ4v) is 5.12. The highest BCUT2D eigenvalue weighted by Crippen LogP contribution is 2.36. The number of aliphatic hydroxyl groups excluding tert-OH is 2. The van der Waals surface area contributed by atoms with Crippen LogP contribution in [0.3, 0.4) is 0 Å². The van der Waals surface area contributed by atoms with Crippen molar-refractivity contribution in [3.63, 3.8) is 0 Å². The summed E-state index contributed by atoms with van der Waals surface area (Å²) in [5.41, 5.74) is 4.96. The van der Waals surface area contributed by atoms with Gasteiger partial charge in [-0.2, -0.15) is 0 Å². The third-order valence-electron chi connectivity index (χ3n) is 6.81. The number of aromatic nitrogens is 3. The van der Waals surface area contributed by atoms with Gasteiger partial charge in [0.25, 0.3) is 0 Å². The van der Waals surface area contributed by atoms with Gasteiger partial charge in [-0.25, -0.2) is 9.97 Å². The average Bonchev–Trinajstić information content (AvgIpc) is 3.18. The van der Waals surface area contributed by atoms with Gasteiger partial charge in [-0.3, -0.25) is 0 Å². The molecule has 0 saturated heterocycles. The molecule has 36 heavy (non-hydrogen) atoms. The van der Waals surface area contributed by atoms with Crippen LogP contribution in [0.15, 0.2) is 22.7 Å². The molecule has 1 aromatic carbocycles. The van der Waals surface area contributed by atoms with Crippen molar-refractivity contribution < 1.29 is 19.5 Å². The minimum atomic E-state index is -0.631. The maximum atomic E-state index is 10.2. The third kappa shape index (κ3) is 6.06. The number of nitrogens with one attached hydrogen (secondary N) is 1. The fraction of sp³-hybridized carbons (Fsp3) is 0.519. The quantitative estimate of drug-likeness (QED) is 0.384. The monoisotopic (exact) mass is 514 g/mol. The molecule has 194 valence electrons. The summed E-state index contributed by atoms with van der Waals surface area (Å²) in [4.78, 5) is 9.92. The van der Waals surface area contributed by atoms with Crippen LogP contribution in [0.1, 0.15) is 48.4 Å². The van der Waals surface area contributed by atoms with E-state index >= 15 is 0 Å². The first-order valence-corrected chi connectivity index (χ1v) is 12.9. The SMILES string of the molecule is CNCC(O)COc1ccc(Cl)c(-c2nc(C[C@H]3CCC[C@@H](O)C3)c(C)c(-c3c(C)noc3C)n2)c1. The minimum absolute atomic E-state index is 0.149. The standard InChI is InChI=1S/C27H35ClN4O4/c1-15-24(11-18-6-5-7-19(33)10-18)30-27(31-26(15)25-16(2)32-36-17(25)3)22-12-21(8-9-23(22)28)35-14-20(34)13-29-4/h8-9,12,18-20,29,33-34H,5-7,10-11,13-14H2,1-4H3/t18-,19+,20?/m0/s1. The van der Waals surface area contributed by atoms with Gasteiger partial charge in [0.2, 0.25) is 0 Å². The van der Waals surface area contributed by atoms with E-state index in [0.29, 0.717) is 40.4 Å². The zero-order valence-electron chi connectivity index (χ0n) is 21.3. The number of likely N-dealkylation sites (N-methyl/N-ethyl adjacent to an activating group) is 1. The van der Waals surface area contributed by atoms with Gasteiger partial charge in [-0.05, 0) is 83.2 Å². The van der Waals surface area contributed by atoms with Crippen molar-refractivity contribution in [2.45, 2.75) is 65.1 Å². The number of hydrogen-bond donors (Lipinski definition) is 3. The second-order valence-corrected chi connectivity index (χ2v) is 10.1. The largest absolute Gasteiger partial charge is 0.491 e. The lowest BCUT2D eigenvalue weighted by Gasteiger charge is -2.26. The molecule has 0 bridgehead atoms. The lowest BCUT2D eigenvalue weighted by molar-refractivity contribution is 0.101. The van der Waals surface area contributed by atoms with Gasteiger partial charge in [-0.1, -0.05) is 23.2 Å². The first-order valence-electron chi connectivity index (χ1n) is 12.5. The summed E-state index contributed by atoms with van der Waals surface area (Å²) in [5, 5.41) is 27.8. The van der Waals surface area contributed by atoms with Crippen molar-refractivity contribution in [3.8, 4) is 28.4 Å². The van der Waals surface area contributed by atoms with Crippen LogP contribution < -0.4 is 10.1 Å². The highest BCUT2D eigenvalue weighted by molar-refractivity contribution is 6.33. The number of halogens is 1. The molecule has 1 saturated carbocycles. The molecule has 2 aromatic heterocycles. The van der Waals surface area contributed by atoms with E-state index in [-0.39, 0.29) is 12.7 Å². The Morgan fingerprint density at radius 3 is 2.72 bits per heavy atom. The summed E-state index contributed by atoms with van der Waals surface area (Å²) in [6.45, 7) is 6.40. The molecule has 1 aliphatic rings. The molecule has 0 spiro atoms. The Bertz CT molecular complexity index is 1180. The second kappa shape index (κ2) is 11.7. The van der Waals surface area contributed by atoms with Crippen molar-refractivity contribution in [2.75, 3.05) is 20.2 Å². The zero-order chi connectivity index (χ0) is 25.8. The van der Waals surface area contributed by atoms with Gasteiger partial charge >= 0.3 is 0 Å². The summed E-state index contributed by atoms with van der Waals surface area (Å²) in [6.07, 6.45) is 3.58. The zero-order valence-corrected chi connectivity index (χ0v) is 22.1. The third-order valence-corrected chi connectivity index (χ3v) is 7.14. The number of aliphatic hydroxyl groups is 2. The maximum absolute atomic E-state index is 10.2. The Balaban J connectivity index is 1.76. The number of aryl methyl sites for hydroxylation is 2. The van der Waals surface area contributed by atoms with Crippen LogP contribution in [0.4, 0.5) is 0 Å². The fourth-order valence-electron chi connectivity index (χ4n) is 4.92. The first kappa shape index (κ1) is 26.5. The van der Waals surface area contributed by atoms with E-state index < -0.39 is 6.10 Å². The summed E-state index contributed by atoms with van der Waals surface area (Å²) in [6, 6.07) is 5.34. The normalized spacial score (nSPS) is 18.9. The Morgan fingerprint density at radius 1 is 1.22 bits per heavy atom. The van der Waals surface area contributed by atoms with Crippen molar-refractivity contribution in [2.24, 2.45) is 5.92 Å². The molecule has 0 amide bonds. The molecule has 1 unspecified atom stereocenters. The van der Waals surface area contributed by atoms with Gasteiger partial charge in [0.05, 0.1) is 28.1 Å². The Kier molecular flexibility index (Phi) is 8.62. The summed E-state index contributed by atoms with van der Waals surface area (Å²) >= 11 is 6.63. The molecule has 8 nitrogen and oxygen atoms in total. The van der Waals surface area contributed by atoms with E-state index in [1.807, 2.05) is 26.8 Å². The van der Waals surface area contributed by atoms with Gasteiger partial charge < -0.3 is 24.8 Å². The molecule has 0 aliphatic heterocycles. The van der Waals surface area contributed by atoms with Crippen LogP contribution >= 0.6 is 11.6 Å².